The van der Waals surface area contributed by atoms with Crippen molar-refractivity contribution in [2.75, 3.05) is 6.61 Å². The van der Waals surface area contributed by atoms with Gasteiger partial charge in [0, 0.05) is 37.0 Å². The minimum Gasteiger partial charge on any atom is -0.396 e. The van der Waals surface area contributed by atoms with Crippen LogP contribution in [0.4, 0.5) is 0 Å². The molecule has 0 bridgehead atoms. The number of aliphatic hydroxyl groups is 1. The van der Waals surface area contributed by atoms with Gasteiger partial charge in [-0.1, -0.05) is 28.9 Å². The number of hydrogen-bond acceptors (Lipinski definition) is 4. The van der Waals surface area contributed by atoms with E-state index < -0.39 is 0 Å². The first-order valence-corrected chi connectivity index (χ1v) is 7.53. The molecular formula is C15H21ClN4O. The summed E-state index contributed by atoms with van der Waals surface area (Å²) in [6.45, 7) is 3.68. The largest absolute Gasteiger partial charge is 0.396 e. The molecule has 0 saturated heterocycles. The molecule has 1 unspecified atom stereocenters. The van der Waals surface area contributed by atoms with E-state index in [1.165, 1.54) is 5.56 Å². The van der Waals surface area contributed by atoms with Crippen LogP contribution >= 0.6 is 11.6 Å². The van der Waals surface area contributed by atoms with E-state index in [0.29, 0.717) is 25.6 Å². The lowest BCUT2D eigenvalue weighted by Gasteiger charge is -2.12. The normalized spacial score (nSPS) is 12.5. The van der Waals surface area contributed by atoms with Gasteiger partial charge in [-0.3, -0.25) is 4.68 Å². The van der Waals surface area contributed by atoms with E-state index in [1.54, 1.807) is 4.68 Å². The zero-order valence-corrected chi connectivity index (χ0v) is 12.9. The van der Waals surface area contributed by atoms with Gasteiger partial charge in [-0.15, -0.1) is 5.10 Å². The number of aliphatic hydroxyl groups excluding tert-OH is 1. The summed E-state index contributed by atoms with van der Waals surface area (Å²) in [6.07, 6.45) is 3.52. The Kier molecular flexibility index (Phi) is 6.17. The van der Waals surface area contributed by atoms with E-state index in [-0.39, 0.29) is 6.61 Å². The highest BCUT2D eigenvalue weighted by Crippen LogP contribution is 2.12. The molecule has 0 aliphatic rings. The molecule has 114 valence electrons. The van der Waals surface area contributed by atoms with Gasteiger partial charge in [0.05, 0.1) is 5.69 Å². The summed E-state index contributed by atoms with van der Waals surface area (Å²) in [5.74, 6) is 0. The van der Waals surface area contributed by atoms with Crippen molar-refractivity contribution in [3.8, 4) is 0 Å². The first-order valence-electron chi connectivity index (χ1n) is 7.15. The maximum absolute atomic E-state index is 8.79. The molecular weight excluding hydrogens is 288 g/mol. The van der Waals surface area contributed by atoms with Crippen molar-refractivity contribution in [2.45, 2.75) is 38.9 Å². The Labute approximate surface area is 129 Å². The second-order valence-corrected chi connectivity index (χ2v) is 5.60. The predicted molar refractivity (Wildman–Crippen MR) is 83.2 cm³/mol. The molecule has 1 aromatic heterocycles. The van der Waals surface area contributed by atoms with Crippen LogP contribution in [-0.4, -0.2) is 32.7 Å². The minimum atomic E-state index is 0.171. The average Bonchev–Trinajstić information content (AvgIpc) is 2.91. The molecule has 21 heavy (non-hydrogen) atoms. The third-order valence-electron chi connectivity index (χ3n) is 3.19. The van der Waals surface area contributed by atoms with Crippen LogP contribution in [0.25, 0.3) is 0 Å². The molecule has 2 rings (SSSR count). The molecule has 1 atom stereocenters. The van der Waals surface area contributed by atoms with Crippen LogP contribution in [0.15, 0.2) is 30.5 Å². The Hall–Kier alpha value is -1.43. The van der Waals surface area contributed by atoms with Gasteiger partial charge in [0.2, 0.25) is 0 Å². The van der Waals surface area contributed by atoms with Crippen LogP contribution < -0.4 is 5.32 Å². The van der Waals surface area contributed by atoms with E-state index in [4.69, 9.17) is 16.7 Å². The van der Waals surface area contributed by atoms with Crippen LogP contribution in [0.1, 0.15) is 24.6 Å². The zero-order valence-electron chi connectivity index (χ0n) is 12.2. The maximum Gasteiger partial charge on any atom is 0.0964 e. The van der Waals surface area contributed by atoms with Crippen LogP contribution in [0.3, 0.4) is 0 Å². The SMILES string of the molecule is CC(Cc1cccc(Cl)c1)NCc1cn(CCCO)nn1. The molecule has 0 saturated carbocycles. The molecule has 2 aromatic rings. The highest BCUT2D eigenvalue weighted by atomic mass is 35.5. The van der Waals surface area contributed by atoms with Crippen LogP contribution in [-0.2, 0) is 19.5 Å². The molecule has 0 aliphatic heterocycles. The first-order chi connectivity index (χ1) is 10.2. The number of nitrogens with one attached hydrogen (secondary N) is 1. The summed E-state index contributed by atoms with van der Waals surface area (Å²) in [6, 6.07) is 8.25. The van der Waals surface area contributed by atoms with Crippen molar-refractivity contribution in [1.29, 1.82) is 0 Å². The van der Waals surface area contributed by atoms with E-state index >= 15 is 0 Å². The summed E-state index contributed by atoms with van der Waals surface area (Å²) in [7, 11) is 0. The molecule has 0 fully saturated rings. The van der Waals surface area contributed by atoms with Gasteiger partial charge >= 0.3 is 0 Å². The van der Waals surface area contributed by atoms with Crippen molar-refractivity contribution in [3.63, 3.8) is 0 Å². The summed E-state index contributed by atoms with van der Waals surface area (Å²) in [5.41, 5.74) is 2.12. The summed E-state index contributed by atoms with van der Waals surface area (Å²) in [4.78, 5) is 0. The van der Waals surface area contributed by atoms with Crippen molar-refractivity contribution < 1.29 is 5.11 Å². The van der Waals surface area contributed by atoms with Gasteiger partial charge in [0.25, 0.3) is 0 Å². The lowest BCUT2D eigenvalue weighted by Crippen LogP contribution is -2.27. The third kappa shape index (κ3) is 5.46. The monoisotopic (exact) mass is 308 g/mol. The predicted octanol–water partition coefficient (Wildman–Crippen LogP) is 2.03. The van der Waals surface area contributed by atoms with Crippen molar-refractivity contribution >= 4 is 11.6 Å². The summed E-state index contributed by atoms with van der Waals surface area (Å²) >= 11 is 5.99. The van der Waals surface area contributed by atoms with Crippen molar-refractivity contribution in [1.82, 2.24) is 20.3 Å². The van der Waals surface area contributed by atoms with Gasteiger partial charge in [-0.2, -0.15) is 0 Å². The van der Waals surface area contributed by atoms with E-state index in [1.807, 2.05) is 24.4 Å². The van der Waals surface area contributed by atoms with Crippen LogP contribution in [0, 0.1) is 0 Å². The fourth-order valence-corrected chi connectivity index (χ4v) is 2.34. The fourth-order valence-electron chi connectivity index (χ4n) is 2.13. The van der Waals surface area contributed by atoms with Gasteiger partial charge in [0.1, 0.15) is 0 Å². The Morgan fingerprint density at radius 3 is 3.05 bits per heavy atom. The Morgan fingerprint density at radius 2 is 2.29 bits per heavy atom. The number of rotatable bonds is 8. The number of aryl methyl sites for hydroxylation is 1. The lowest BCUT2D eigenvalue weighted by molar-refractivity contribution is 0.276. The summed E-state index contributed by atoms with van der Waals surface area (Å²) < 4.78 is 1.76. The lowest BCUT2D eigenvalue weighted by atomic mass is 10.1. The number of halogens is 1. The van der Waals surface area contributed by atoms with E-state index in [0.717, 1.165) is 17.1 Å². The zero-order chi connectivity index (χ0) is 15.1. The smallest absolute Gasteiger partial charge is 0.0964 e. The average molecular weight is 309 g/mol. The van der Waals surface area contributed by atoms with Gasteiger partial charge in [-0.05, 0) is 37.5 Å². The Balaban J connectivity index is 1.78. The molecule has 0 radical (unpaired) electrons. The minimum absolute atomic E-state index is 0.171. The number of benzene rings is 1. The molecule has 0 spiro atoms. The second kappa shape index (κ2) is 8.12. The summed E-state index contributed by atoms with van der Waals surface area (Å²) in [5, 5.41) is 21.1. The number of aromatic nitrogens is 3. The highest BCUT2D eigenvalue weighted by Gasteiger charge is 2.06. The van der Waals surface area contributed by atoms with E-state index in [9.17, 15) is 0 Å². The van der Waals surface area contributed by atoms with Gasteiger partial charge in [-0.25, -0.2) is 0 Å². The molecule has 6 heteroatoms. The third-order valence-corrected chi connectivity index (χ3v) is 3.43. The topological polar surface area (TPSA) is 63.0 Å². The maximum atomic E-state index is 8.79. The van der Waals surface area contributed by atoms with Crippen molar-refractivity contribution in [2.24, 2.45) is 0 Å². The molecule has 0 amide bonds. The van der Waals surface area contributed by atoms with Crippen molar-refractivity contribution in [3.05, 3.63) is 46.7 Å². The number of hydrogen-bond donors (Lipinski definition) is 2. The molecule has 2 N–H and O–H groups in total. The van der Waals surface area contributed by atoms with E-state index in [2.05, 4.69) is 28.6 Å². The standard InChI is InChI=1S/C15H21ClN4O/c1-12(8-13-4-2-5-14(16)9-13)17-10-15-11-20(19-18-15)6-3-7-21/h2,4-5,9,11-12,17,21H,3,6-8,10H2,1H3. The molecule has 1 heterocycles. The van der Waals surface area contributed by atoms with Gasteiger partial charge < -0.3 is 10.4 Å². The molecule has 0 aliphatic carbocycles. The number of nitrogens with zero attached hydrogens (tertiary/aromatic N) is 3. The highest BCUT2D eigenvalue weighted by molar-refractivity contribution is 6.30. The Bertz CT molecular complexity index is 558. The first kappa shape index (κ1) is 15.9. The quantitative estimate of drug-likeness (QED) is 0.783. The van der Waals surface area contributed by atoms with Crippen LogP contribution in [0.5, 0.6) is 0 Å². The Morgan fingerprint density at radius 1 is 1.43 bits per heavy atom. The van der Waals surface area contributed by atoms with Gasteiger partial charge in [0.15, 0.2) is 0 Å². The fraction of sp³-hybridized carbons (Fsp3) is 0.467. The van der Waals surface area contributed by atoms with Crippen LogP contribution in [0.2, 0.25) is 5.02 Å². The second-order valence-electron chi connectivity index (χ2n) is 5.17. The molecule has 1 aromatic carbocycles. The molecule has 5 nitrogen and oxygen atoms in total.